The lowest BCUT2D eigenvalue weighted by Crippen LogP contribution is -2.47. The summed E-state index contributed by atoms with van der Waals surface area (Å²) in [5, 5.41) is 11.6. The van der Waals surface area contributed by atoms with Gasteiger partial charge in [-0.3, -0.25) is 0 Å². The van der Waals surface area contributed by atoms with Crippen molar-refractivity contribution in [1.29, 1.82) is 0 Å². The van der Waals surface area contributed by atoms with Crippen LogP contribution in [0.4, 0.5) is 17.7 Å². The highest BCUT2D eigenvalue weighted by atomic mass is 15.4. The molecule has 3 heterocycles. The van der Waals surface area contributed by atoms with E-state index >= 15 is 0 Å². The molecule has 1 aliphatic heterocycles. The molecule has 0 saturated carbocycles. The fourth-order valence-electron chi connectivity index (χ4n) is 3.58. The number of hydrogen-bond acceptors (Lipinski definition) is 8. The van der Waals surface area contributed by atoms with Crippen LogP contribution in [0.2, 0.25) is 0 Å². The highest BCUT2D eigenvalue weighted by Gasteiger charge is 2.20. The van der Waals surface area contributed by atoms with Crippen molar-refractivity contribution < 1.29 is 0 Å². The van der Waals surface area contributed by atoms with Crippen LogP contribution in [0.15, 0.2) is 36.3 Å². The molecule has 2 aliphatic rings. The molecule has 1 fully saturated rings. The van der Waals surface area contributed by atoms with Crippen LogP contribution in [0, 0.1) is 0 Å². The third kappa shape index (κ3) is 4.69. The molecule has 0 spiro atoms. The lowest BCUT2D eigenvalue weighted by molar-refractivity contribution is 0.632. The maximum Gasteiger partial charge on any atom is 0.244 e. The van der Waals surface area contributed by atoms with Crippen LogP contribution in [0.3, 0.4) is 0 Å². The lowest BCUT2D eigenvalue weighted by Gasteiger charge is -2.35. The van der Waals surface area contributed by atoms with Gasteiger partial charge in [-0.2, -0.15) is 10.1 Å². The first-order valence-electron chi connectivity index (χ1n) is 9.77. The highest BCUT2D eigenvalue weighted by Crippen LogP contribution is 2.20. The third-order valence-electron chi connectivity index (χ3n) is 5.10. The molecule has 8 heteroatoms. The van der Waals surface area contributed by atoms with E-state index in [4.69, 9.17) is 0 Å². The van der Waals surface area contributed by atoms with Gasteiger partial charge in [0.2, 0.25) is 11.9 Å². The molecule has 142 valence electrons. The van der Waals surface area contributed by atoms with Crippen molar-refractivity contribution in [2.45, 2.75) is 32.1 Å². The van der Waals surface area contributed by atoms with E-state index in [1.807, 2.05) is 6.07 Å². The summed E-state index contributed by atoms with van der Waals surface area (Å²) in [5.41, 5.74) is 1.55. The molecule has 0 atom stereocenters. The molecule has 2 aromatic heterocycles. The van der Waals surface area contributed by atoms with Gasteiger partial charge in [-0.25, -0.2) is 9.97 Å². The fourth-order valence-corrected chi connectivity index (χ4v) is 3.58. The minimum absolute atomic E-state index is 0.609. The van der Waals surface area contributed by atoms with Gasteiger partial charge in [0.05, 0.1) is 6.20 Å². The van der Waals surface area contributed by atoms with E-state index in [9.17, 15) is 0 Å². The van der Waals surface area contributed by atoms with Crippen LogP contribution in [0.5, 0.6) is 0 Å². The third-order valence-corrected chi connectivity index (χ3v) is 5.10. The quantitative estimate of drug-likeness (QED) is 0.780. The zero-order valence-electron chi connectivity index (χ0n) is 15.6. The van der Waals surface area contributed by atoms with Gasteiger partial charge in [-0.15, -0.1) is 5.10 Å². The summed E-state index contributed by atoms with van der Waals surface area (Å²) in [5.74, 6) is 2.27. The predicted octanol–water partition coefficient (Wildman–Crippen LogP) is 2.29. The van der Waals surface area contributed by atoms with Crippen molar-refractivity contribution in [2.24, 2.45) is 0 Å². The summed E-state index contributed by atoms with van der Waals surface area (Å²) < 4.78 is 0. The maximum absolute atomic E-state index is 4.65. The average Bonchev–Trinajstić information content (AvgIpc) is 2.76. The summed E-state index contributed by atoms with van der Waals surface area (Å²) in [7, 11) is 0. The predicted molar refractivity (Wildman–Crippen MR) is 106 cm³/mol. The summed E-state index contributed by atoms with van der Waals surface area (Å²) in [4.78, 5) is 17.7. The SMILES string of the molecule is C1=C(CCNc2nncc(N3CCN(c4ncccn4)CC3)n2)CCCC1. The van der Waals surface area contributed by atoms with Crippen molar-refractivity contribution in [1.82, 2.24) is 25.1 Å². The minimum Gasteiger partial charge on any atom is -0.353 e. The van der Waals surface area contributed by atoms with Gasteiger partial charge in [-0.05, 0) is 38.2 Å². The second-order valence-corrected chi connectivity index (χ2v) is 6.95. The molecule has 0 radical (unpaired) electrons. The molecule has 1 aliphatic carbocycles. The fraction of sp³-hybridized carbons (Fsp3) is 0.526. The van der Waals surface area contributed by atoms with Crippen molar-refractivity contribution >= 4 is 17.7 Å². The Morgan fingerprint density at radius 2 is 1.81 bits per heavy atom. The molecule has 0 bridgehead atoms. The second-order valence-electron chi connectivity index (χ2n) is 6.95. The summed E-state index contributed by atoms with van der Waals surface area (Å²) in [6.07, 6.45) is 13.9. The Kier molecular flexibility index (Phi) is 5.71. The molecule has 0 aromatic carbocycles. The van der Waals surface area contributed by atoms with E-state index < -0.39 is 0 Å². The summed E-state index contributed by atoms with van der Waals surface area (Å²) >= 11 is 0. The maximum atomic E-state index is 4.65. The Morgan fingerprint density at radius 3 is 2.59 bits per heavy atom. The van der Waals surface area contributed by atoms with Crippen molar-refractivity contribution in [3.05, 3.63) is 36.3 Å². The van der Waals surface area contributed by atoms with Crippen LogP contribution in [0.1, 0.15) is 32.1 Å². The van der Waals surface area contributed by atoms with E-state index in [0.717, 1.165) is 50.9 Å². The highest BCUT2D eigenvalue weighted by molar-refractivity contribution is 5.43. The molecule has 27 heavy (non-hydrogen) atoms. The molecular weight excluding hydrogens is 340 g/mol. The zero-order chi connectivity index (χ0) is 18.3. The van der Waals surface area contributed by atoms with Gasteiger partial charge in [0.1, 0.15) is 0 Å². The number of nitrogens with one attached hydrogen (secondary N) is 1. The smallest absolute Gasteiger partial charge is 0.244 e. The van der Waals surface area contributed by atoms with Gasteiger partial charge in [0, 0.05) is 45.1 Å². The Labute approximate surface area is 159 Å². The Balaban J connectivity index is 1.29. The first-order chi connectivity index (χ1) is 13.4. The largest absolute Gasteiger partial charge is 0.353 e. The van der Waals surface area contributed by atoms with Crippen molar-refractivity contribution in [3.63, 3.8) is 0 Å². The van der Waals surface area contributed by atoms with Crippen LogP contribution < -0.4 is 15.1 Å². The molecular formula is C19H26N8. The number of hydrogen-bond donors (Lipinski definition) is 1. The Hall–Kier alpha value is -2.77. The molecule has 0 unspecified atom stereocenters. The molecule has 1 saturated heterocycles. The normalized spacial score (nSPS) is 17.6. The average molecular weight is 366 g/mol. The first-order valence-corrected chi connectivity index (χ1v) is 9.77. The minimum atomic E-state index is 0.609. The topological polar surface area (TPSA) is 83.0 Å². The van der Waals surface area contributed by atoms with Gasteiger partial charge < -0.3 is 15.1 Å². The zero-order valence-corrected chi connectivity index (χ0v) is 15.6. The van der Waals surface area contributed by atoms with Gasteiger partial charge in [0.25, 0.3) is 0 Å². The van der Waals surface area contributed by atoms with E-state index in [0.29, 0.717) is 5.95 Å². The van der Waals surface area contributed by atoms with E-state index in [1.165, 1.54) is 25.7 Å². The Morgan fingerprint density at radius 1 is 1.00 bits per heavy atom. The van der Waals surface area contributed by atoms with Gasteiger partial charge in [0.15, 0.2) is 5.82 Å². The van der Waals surface area contributed by atoms with E-state index in [1.54, 1.807) is 24.2 Å². The number of piperazine rings is 1. The van der Waals surface area contributed by atoms with Crippen LogP contribution >= 0.6 is 0 Å². The first kappa shape index (κ1) is 17.6. The molecule has 4 rings (SSSR count). The lowest BCUT2D eigenvalue weighted by atomic mass is 9.97. The second kappa shape index (κ2) is 8.75. The number of anilines is 3. The van der Waals surface area contributed by atoms with E-state index in [-0.39, 0.29) is 0 Å². The molecule has 2 aromatic rings. The number of aromatic nitrogens is 5. The molecule has 1 N–H and O–H groups in total. The monoisotopic (exact) mass is 366 g/mol. The molecule has 0 amide bonds. The van der Waals surface area contributed by atoms with Crippen molar-refractivity contribution in [2.75, 3.05) is 47.8 Å². The number of nitrogens with zero attached hydrogens (tertiary/aromatic N) is 7. The number of allylic oxidation sites excluding steroid dienone is 1. The van der Waals surface area contributed by atoms with Crippen LogP contribution in [0.25, 0.3) is 0 Å². The van der Waals surface area contributed by atoms with Crippen molar-refractivity contribution in [3.8, 4) is 0 Å². The standard InChI is InChI=1S/C19H26N8/c1-2-5-16(6-3-1)7-10-20-18-24-17(15-23-25-18)26-11-13-27(14-12-26)19-21-8-4-9-22-19/h4-5,8-9,15H,1-3,6-7,10-14H2,(H,20,24,25). The van der Waals surface area contributed by atoms with Crippen LogP contribution in [-0.2, 0) is 0 Å². The van der Waals surface area contributed by atoms with Crippen LogP contribution in [-0.4, -0.2) is 57.9 Å². The van der Waals surface area contributed by atoms with Gasteiger partial charge in [-0.1, -0.05) is 11.6 Å². The Bertz CT molecular complexity index is 755. The van der Waals surface area contributed by atoms with Gasteiger partial charge >= 0.3 is 0 Å². The summed E-state index contributed by atoms with van der Waals surface area (Å²) in [6, 6.07) is 1.84. The number of rotatable bonds is 6. The molecule has 8 nitrogen and oxygen atoms in total. The van der Waals surface area contributed by atoms with E-state index in [2.05, 4.69) is 46.3 Å². The summed E-state index contributed by atoms with van der Waals surface area (Å²) in [6.45, 7) is 4.32.